The van der Waals surface area contributed by atoms with Crippen molar-refractivity contribution in [2.45, 2.75) is 83.1 Å². The molecule has 43 heavy (non-hydrogen) atoms. The van der Waals surface area contributed by atoms with E-state index >= 15 is 0 Å². The van der Waals surface area contributed by atoms with Gasteiger partial charge in [-0.25, -0.2) is 0 Å². The van der Waals surface area contributed by atoms with Crippen LogP contribution in [-0.2, 0) is 25.5 Å². The largest absolute Gasteiger partial charge is 0.349 e. The number of amides is 3. The van der Waals surface area contributed by atoms with Crippen molar-refractivity contribution in [1.82, 2.24) is 25.0 Å². The Hall–Kier alpha value is -2.73. The lowest BCUT2D eigenvalue weighted by atomic mass is 9.79. The van der Waals surface area contributed by atoms with E-state index in [1.54, 1.807) is 18.7 Å². The zero-order valence-corrected chi connectivity index (χ0v) is 26.9. The summed E-state index contributed by atoms with van der Waals surface area (Å²) in [7, 11) is 2.03. The van der Waals surface area contributed by atoms with Crippen LogP contribution in [0.5, 0.6) is 0 Å². The number of nitrogens with one attached hydrogen (secondary N) is 2. The number of carbonyl (C=O) groups excluding carboxylic acids is 3. The van der Waals surface area contributed by atoms with Crippen molar-refractivity contribution >= 4 is 50.1 Å². The molecule has 1 aromatic heterocycles. The second-order valence-electron chi connectivity index (χ2n) is 13.7. The number of likely N-dealkylation sites (N-methyl/N-ethyl adjacent to an activating group) is 1. The van der Waals surface area contributed by atoms with Crippen LogP contribution in [0.4, 0.5) is 0 Å². The molecule has 230 valence electrons. The van der Waals surface area contributed by atoms with Crippen molar-refractivity contribution in [1.29, 1.82) is 0 Å². The van der Waals surface area contributed by atoms with E-state index in [9.17, 15) is 19.5 Å². The topological polar surface area (TPSA) is 118 Å². The molecule has 0 bridgehead atoms. The number of piperazine rings is 1. The quantitative estimate of drug-likeness (QED) is 0.456. The van der Waals surface area contributed by atoms with Crippen LogP contribution in [0.25, 0.3) is 16.5 Å². The number of aromatic amines is 1. The number of nitrogens with zero attached hydrogens (tertiary/aromatic N) is 3. The summed E-state index contributed by atoms with van der Waals surface area (Å²) in [6, 6.07) is 4.76. The fourth-order valence-corrected chi connectivity index (χ4v) is 8.72. The van der Waals surface area contributed by atoms with E-state index in [4.69, 9.17) is 4.74 Å². The maximum absolute atomic E-state index is 14.4. The highest BCUT2D eigenvalue weighted by molar-refractivity contribution is 9.10. The number of rotatable bonds is 5. The predicted molar refractivity (Wildman–Crippen MR) is 164 cm³/mol. The summed E-state index contributed by atoms with van der Waals surface area (Å²) in [5.74, 6) is -4.01. The van der Waals surface area contributed by atoms with E-state index < -0.39 is 41.5 Å². The molecule has 10 nitrogen and oxygen atoms in total. The molecule has 1 aromatic carbocycles. The smallest absolute Gasteiger partial charge is 0.281 e. The van der Waals surface area contributed by atoms with Gasteiger partial charge in [0.1, 0.15) is 12.1 Å². The van der Waals surface area contributed by atoms with E-state index in [1.807, 2.05) is 33.0 Å². The number of H-pyrrole nitrogens is 1. The van der Waals surface area contributed by atoms with Gasteiger partial charge in [0, 0.05) is 36.0 Å². The monoisotopic (exact) mass is 653 g/mol. The molecule has 5 heterocycles. The highest BCUT2D eigenvalue weighted by Crippen LogP contribution is 2.49. The molecule has 3 saturated heterocycles. The Labute approximate surface area is 259 Å². The number of aromatic nitrogens is 1. The molecule has 0 spiro atoms. The molecule has 11 heteroatoms. The Morgan fingerprint density at radius 1 is 1.26 bits per heavy atom. The zero-order chi connectivity index (χ0) is 30.6. The molecule has 7 rings (SSSR count). The van der Waals surface area contributed by atoms with Gasteiger partial charge in [0.25, 0.3) is 11.8 Å². The minimum absolute atomic E-state index is 0.104. The van der Waals surface area contributed by atoms with E-state index in [1.165, 1.54) is 15.8 Å². The van der Waals surface area contributed by atoms with Crippen LogP contribution in [0.3, 0.4) is 0 Å². The Morgan fingerprint density at radius 3 is 2.74 bits per heavy atom. The molecule has 3 amide bonds. The fraction of sp³-hybridized carbons (Fsp3) is 0.594. The lowest BCUT2D eigenvalue weighted by Gasteiger charge is -2.49. The highest BCUT2D eigenvalue weighted by Gasteiger charge is 2.72. The van der Waals surface area contributed by atoms with E-state index in [0.29, 0.717) is 25.9 Å². The molecule has 1 unspecified atom stereocenters. The minimum Gasteiger partial charge on any atom is -0.349 e. The molecule has 0 radical (unpaired) electrons. The number of carbonyl (C=O) groups is 3. The average molecular weight is 655 g/mol. The summed E-state index contributed by atoms with van der Waals surface area (Å²) in [5, 5.41) is 16.3. The van der Waals surface area contributed by atoms with Crippen LogP contribution in [-0.4, -0.2) is 92.4 Å². The van der Waals surface area contributed by atoms with Crippen molar-refractivity contribution in [3.63, 3.8) is 0 Å². The number of benzene rings is 1. The third-order valence-corrected chi connectivity index (χ3v) is 10.9. The van der Waals surface area contributed by atoms with Gasteiger partial charge in [0.05, 0.1) is 10.5 Å². The molecule has 2 aromatic rings. The van der Waals surface area contributed by atoms with Crippen LogP contribution in [0.1, 0.15) is 58.1 Å². The summed E-state index contributed by atoms with van der Waals surface area (Å²) in [5.41, 5.74) is 2.68. The van der Waals surface area contributed by atoms with Gasteiger partial charge >= 0.3 is 0 Å². The standard InChI is InChI=1S/C32H40BrN5O5/c1-16(2)12-24-29(40)37-11-7-10-25(37)32(42)38(24)30(41)31(43-32,17(3)4)35-28(39)18-13-20-19-8-6-9-22-26(19)21(27(33)34-22)14-23(20)36(5)15-18/h6,8-9,13,16-18,23-25,34,42H,7,10-12,14-15H2,1-5H3,(H,35,39)/t18-,23-,24+,25-,31-,32?/m1/s1. The summed E-state index contributed by atoms with van der Waals surface area (Å²) in [4.78, 5) is 50.8. The fourth-order valence-electron chi connectivity index (χ4n) is 8.15. The summed E-state index contributed by atoms with van der Waals surface area (Å²) in [6.07, 6.45) is 4.49. The normalized spacial score (nSPS) is 33.7. The first-order valence-electron chi connectivity index (χ1n) is 15.5. The second-order valence-corrected chi connectivity index (χ2v) is 14.5. The van der Waals surface area contributed by atoms with Crippen molar-refractivity contribution in [3.8, 4) is 0 Å². The van der Waals surface area contributed by atoms with Crippen molar-refractivity contribution < 1.29 is 24.2 Å². The molecule has 3 N–H and O–H groups in total. The van der Waals surface area contributed by atoms with Crippen LogP contribution < -0.4 is 5.32 Å². The van der Waals surface area contributed by atoms with Gasteiger partial charge in [0.2, 0.25) is 17.5 Å². The summed E-state index contributed by atoms with van der Waals surface area (Å²) < 4.78 is 7.43. The zero-order valence-electron chi connectivity index (χ0n) is 25.3. The molecule has 6 atom stereocenters. The van der Waals surface area contributed by atoms with Crippen LogP contribution in [0.2, 0.25) is 0 Å². The van der Waals surface area contributed by atoms with Gasteiger partial charge in [-0.2, -0.15) is 0 Å². The number of fused-ring (bicyclic) bond motifs is 5. The van der Waals surface area contributed by atoms with E-state index in [0.717, 1.165) is 34.1 Å². The molecule has 4 aliphatic heterocycles. The van der Waals surface area contributed by atoms with E-state index in [-0.39, 0.29) is 23.8 Å². The number of hydrogen-bond acceptors (Lipinski definition) is 6. The van der Waals surface area contributed by atoms with Crippen LogP contribution in [0, 0.1) is 17.8 Å². The maximum Gasteiger partial charge on any atom is 0.281 e. The second kappa shape index (κ2) is 9.89. The number of aliphatic hydroxyl groups is 1. The SMILES string of the molecule is CC(C)C[C@H]1C(=O)N2CCC[C@@H]2C2(O)O[C@](NC(=O)[C@@H]3C=C4c5cccc6[nH]c(Br)c(c56)C[C@H]4N(C)C3)(C(C)C)C(=O)N12. The third kappa shape index (κ3) is 4.04. The first-order chi connectivity index (χ1) is 20.4. The third-order valence-electron chi connectivity index (χ3n) is 10.3. The predicted octanol–water partition coefficient (Wildman–Crippen LogP) is 3.19. The molecule has 1 aliphatic carbocycles. The lowest BCUT2D eigenvalue weighted by Crippen LogP contribution is -2.71. The summed E-state index contributed by atoms with van der Waals surface area (Å²) >= 11 is 3.70. The number of ether oxygens (including phenoxy) is 1. The van der Waals surface area contributed by atoms with Crippen LogP contribution in [0.15, 0.2) is 28.9 Å². The molecule has 3 fully saturated rings. The average Bonchev–Trinajstić information content (AvgIpc) is 3.63. The van der Waals surface area contributed by atoms with Crippen molar-refractivity contribution in [2.75, 3.05) is 20.1 Å². The highest BCUT2D eigenvalue weighted by atomic mass is 79.9. The molecular formula is C32H40BrN5O5. The number of hydrogen-bond donors (Lipinski definition) is 3. The van der Waals surface area contributed by atoms with Gasteiger partial charge < -0.3 is 20.3 Å². The van der Waals surface area contributed by atoms with Crippen LogP contribution >= 0.6 is 15.9 Å². The Morgan fingerprint density at radius 2 is 2.02 bits per heavy atom. The summed E-state index contributed by atoms with van der Waals surface area (Å²) in [6.45, 7) is 8.57. The maximum atomic E-state index is 14.4. The van der Waals surface area contributed by atoms with Crippen molar-refractivity contribution in [3.05, 3.63) is 40.0 Å². The van der Waals surface area contributed by atoms with E-state index in [2.05, 4.69) is 43.3 Å². The molecular weight excluding hydrogens is 614 g/mol. The number of halogens is 1. The Kier molecular flexibility index (Phi) is 6.67. The van der Waals surface area contributed by atoms with Gasteiger partial charge in [-0.3, -0.25) is 28.9 Å². The van der Waals surface area contributed by atoms with Gasteiger partial charge in [-0.1, -0.05) is 45.9 Å². The van der Waals surface area contributed by atoms with Gasteiger partial charge in [-0.15, -0.1) is 0 Å². The van der Waals surface area contributed by atoms with Gasteiger partial charge in [0.15, 0.2) is 0 Å². The first-order valence-corrected chi connectivity index (χ1v) is 16.3. The minimum atomic E-state index is -2.01. The molecule has 0 saturated carbocycles. The molecule has 5 aliphatic rings. The first kappa shape index (κ1) is 29.0. The lowest BCUT2D eigenvalue weighted by molar-refractivity contribution is -0.322. The Balaban J connectivity index is 1.25. The van der Waals surface area contributed by atoms with Crippen molar-refractivity contribution in [2.24, 2.45) is 17.8 Å². The Bertz CT molecular complexity index is 1570. The van der Waals surface area contributed by atoms with Gasteiger partial charge in [-0.05, 0) is 77.3 Å².